The lowest BCUT2D eigenvalue weighted by molar-refractivity contribution is -0.150. The molecule has 0 aliphatic carbocycles. The Labute approximate surface area is 202 Å². The number of hydrogen-bond acceptors (Lipinski definition) is 8. The Morgan fingerprint density at radius 1 is 1.00 bits per heavy atom. The molecule has 0 bridgehead atoms. The molecule has 1 aromatic rings. The highest BCUT2D eigenvalue weighted by atomic mass is 16.6. The molecule has 2 rings (SSSR count). The maximum absolute atomic E-state index is 12.0. The molecular weight excluding hydrogens is 438 g/mol. The average molecular weight is 482 g/mol. The minimum absolute atomic E-state index is 0.0490. The van der Waals surface area contributed by atoms with Gasteiger partial charge in [0.2, 0.25) is 0 Å². The van der Waals surface area contributed by atoms with Gasteiger partial charge in [-0.05, 0) is 12.5 Å². The fraction of sp³-hybridized carbons (Fsp3) is 0.800. The van der Waals surface area contributed by atoms with Crippen LogP contribution in [0.1, 0.15) is 103 Å². The van der Waals surface area contributed by atoms with Crippen LogP contribution >= 0.6 is 0 Å². The Hall–Kier alpha value is -1.97. The van der Waals surface area contributed by atoms with Gasteiger partial charge in [0.05, 0.1) is 0 Å². The quantitative estimate of drug-likeness (QED) is 0.227. The molecule has 194 valence electrons. The SMILES string of the molecule is CCCCCCCCCCCCCCCC(=O)OC[C@H]1O[C@@H](n2ccc(N)nc2=O)C(O)C1O. The molecule has 9 nitrogen and oxygen atoms in total. The Morgan fingerprint density at radius 3 is 2.12 bits per heavy atom. The Morgan fingerprint density at radius 2 is 1.56 bits per heavy atom. The molecule has 2 heterocycles. The summed E-state index contributed by atoms with van der Waals surface area (Å²) in [5, 5.41) is 20.5. The largest absolute Gasteiger partial charge is 0.463 e. The van der Waals surface area contributed by atoms with Gasteiger partial charge in [-0.3, -0.25) is 9.36 Å². The molecule has 1 aliphatic heterocycles. The molecular formula is C25H43N3O6. The summed E-state index contributed by atoms with van der Waals surface area (Å²) in [7, 11) is 0. The minimum Gasteiger partial charge on any atom is -0.463 e. The zero-order chi connectivity index (χ0) is 24.8. The van der Waals surface area contributed by atoms with Gasteiger partial charge >= 0.3 is 11.7 Å². The topological polar surface area (TPSA) is 137 Å². The molecule has 1 saturated heterocycles. The molecule has 2 unspecified atom stereocenters. The number of nitrogens with two attached hydrogens (primary N) is 1. The number of carbonyl (C=O) groups is 1. The second-order valence-corrected chi connectivity index (χ2v) is 9.26. The Balaban J connectivity index is 1.52. The number of ether oxygens (including phenoxy) is 2. The number of aliphatic hydroxyl groups is 2. The van der Waals surface area contributed by atoms with Gasteiger partial charge < -0.3 is 25.4 Å². The lowest BCUT2D eigenvalue weighted by Gasteiger charge is -2.16. The van der Waals surface area contributed by atoms with Crippen LogP contribution in [0.25, 0.3) is 0 Å². The number of aliphatic hydroxyl groups excluding tert-OH is 2. The van der Waals surface area contributed by atoms with E-state index in [1.165, 1.54) is 76.5 Å². The van der Waals surface area contributed by atoms with E-state index >= 15 is 0 Å². The number of nitrogen functional groups attached to an aromatic ring is 1. The third kappa shape index (κ3) is 9.72. The number of hydrogen-bond donors (Lipinski definition) is 3. The fourth-order valence-electron chi connectivity index (χ4n) is 4.25. The van der Waals surface area contributed by atoms with Crippen LogP contribution in [0.4, 0.5) is 5.82 Å². The molecule has 34 heavy (non-hydrogen) atoms. The molecule has 0 radical (unpaired) electrons. The third-order valence-electron chi connectivity index (χ3n) is 6.36. The highest BCUT2D eigenvalue weighted by Gasteiger charge is 2.44. The standard InChI is InChI=1S/C25H43N3O6/c1-2-3-4-5-6-7-8-9-10-11-12-13-14-15-21(29)33-18-19-22(30)23(31)24(34-19)28-17-16-20(26)27-25(28)32/h16-17,19,22-24,30-31H,2-15,18H2,1H3,(H2,26,27,32)/t19-,22?,23?,24-/m1/s1. The van der Waals surface area contributed by atoms with Crippen molar-refractivity contribution in [1.29, 1.82) is 0 Å². The van der Waals surface area contributed by atoms with Crippen molar-refractivity contribution in [2.45, 2.75) is 121 Å². The average Bonchev–Trinajstić information content (AvgIpc) is 3.09. The molecule has 0 spiro atoms. The van der Waals surface area contributed by atoms with E-state index in [1.807, 2.05) is 0 Å². The highest BCUT2D eigenvalue weighted by Crippen LogP contribution is 2.28. The second-order valence-electron chi connectivity index (χ2n) is 9.26. The molecule has 0 aromatic carbocycles. The molecule has 1 aromatic heterocycles. The molecule has 1 aliphatic rings. The first-order chi connectivity index (χ1) is 16.4. The van der Waals surface area contributed by atoms with Gasteiger partial charge in [0, 0.05) is 12.6 Å². The lowest BCUT2D eigenvalue weighted by atomic mass is 10.0. The van der Waals surface area contributed by atoms with E-state index in [0.717, 1.165) is 23.8 Å². The van der Waals surface area contributed by atoms with Crippen LogP contribution in [-0.2, 0) is 14.3 Å². The van der Waals surface area contributed by atoms with E-state index in [1.54, 1.807) is 0 Å². The first kappa shape index (κ1) is 28.3. The van der Waals surface area contributed by atoms with E-state index in [0.29, 0.717) is 6.42 Å². The van der Waals surface area contributed by atoms with E-state index in [4.69, 9.17) is 15.2 Å². The van der Waals surface area contributed by atoms with E-state index < -0.39 is 30.2 Å². The summed E-state index contributed by atoms with van der Waals surface area (Å²) in [4.78, 5) is 27.6. The van der Waals surface area contributed by atoms with E-state index in [2.05, 4.69) is 11.9 Å². The summed E-state index contributed by atoms with van der Waals surface area (Å²) < 4.78 is 11.9. The van der Waals surface area contributed by atoms with Crippen molar-refractivity contribution in [3.63, 3.8) is 0 Å². The van der Waals surface area contributed by atoms with Crippen molar-refractivity contribution >= 4 is 11.8 Å². The fourth-order valence-corrected chi connectivity index (χ4v) is 4.25. The summed E-state index contributed by atoms with van der Waals surface area (Å²) in [6.45, 7) is 2.05. The smallest absolute Gasteiger partial charge is 0.351 e. The zero-order valence-corrected chi connectivity index (χ0v) is 20.6. The predicted molar refractivity (Wildman–Crippen MR) is 130 cm³/mol. The molecule has 4 N–H and O–H groups in total. The van der Waals surface area contributed by atoms with Gasteiger partial charge in [-0.2, -0.15) is 4.98 Å². The summed E-state index contributed by atoms with van der Waals surface area (Å²) in [5.41, 5.74) is 4.77. The summed E-state index contributed by atoms with van der Waals surface area (Å²) in [6, 6.07) is 1.40. The van der Waals surface area contributed by atoms with Gasteiger partial charge in [-0.25, -0.2) is 4.79 Å². The molecule has 1 fully saturated rings. The normalized spacial score (nSPS) is 22.2. The monoisotopic (exact) mass is 481 g/mol. The van der Waals surface area contributed by atoms with Crippen molar-refractivity contribution in [3.8, 4) is 0 Å². The van der Waals surface area contributed by atoms with Gasteiger partial charge in [-0.1, -0.05) is 84.0 Å². The molecule has 0 amide bonds. The number of rotatable bonds is 17. The number of carbonyl (C=O) groups excluding carboxylic acids is 1. The van der Waals surface area contributed by atoms with Crippen molar-refractivity contribution < 1.29 is 24.5 Å². The summed E-state index contributed by atoms with van der Waals surface area (Å²) in [5.74, 6) is -0.309. The second kappa shape index (κ2) is 15.8. The van der Waals surface area contributed by atoms with Gasteiger partial charge in [-0.15, -0.1) is 0 Å². The van der Waals surface area contributed by atoms with E-state index in [-0.39, 0.29) is 18.4 Å². The molecule has 4 atom stereocenters. The van der Waals surface area contributed by atoms with Crippen molar-refractivity contribution in [1.82, 2.24) is 9.55 Å². The zero-order valence-electron chi connectivity index (χ0n) is 20.6. The highest BCUT2D eigenvalue weighted by molar-refractivity contribution is 5.69. The summed E-state index contributed by atoms with van der Waals surface area (Å²) >= 11 is 0. The number of esters is 1. The van der Waals surface area contributed by atoms with Crippen LogP contribution in [0.5, 0.6) is 0 Å². The number of aromatic nitrogens is 2. The van der Waals surface area contributed by atoms with Crippen molar-refractivity contribution in [2.24, 2.45) is 0 Å². The maximum Gasteiger partial charge on any atom is 0.351 e. The molecule has 0 saturated carbocycles. The van der Waals surface area contributed by atoms with Crippen LogP contribution in [0.3, 0.4) is 0 Å². The van der Waals surface area contributed by atoms with Crippen LogP contribution in [0, 0.1) is 0 Å². The number of nitrogens with zero attached hydrogens (tertiary/aromatic N) is 2. The first-order valence-electron chi connectivity index (χ1n) is 13.0. The lowest BCUT2D eigenvalue weighted by Crippen LogP contribution is -2.36. The Bertz CT molecular complexity index is 771. The maximum atomic E-state index is 12.0. The number of unbranched alkanes of at least 4 members (excludes halogenated alkanes) is 12. The van der Waals surface area contributed by atoms with Crippen LogP contribution in [-0.4, -0.2) is 50.7 Å². The van der Waals surface area contributed by atoms with Gasteiger partial charge in [0.1, 0.15) is 30.7 Å². The van der Waals surface area contributed by atoms with Crippen LogP contribution < -0.4 is 11.4 Å². The number of anilines is 1. The first-order valence-corrected chi connectivity index (χ1v) is 13.0. The van der Waals surface area contributed by atoms with Gasteiger partial charge in [0.15, 0.2) is 6.23 Å². The predicted octanol–water partition coefficient (Wildman–Crippen LogP) is 3.47. The van der Waals surface area contributed by atoms with Crippen LogP contribution in [0.2, 0.25) is 0 Å². The summed E-state index contributed by atoms with van der Waals surface area (Å²) in [6.07, 6.45) is 13.0. The third-order valence-corrected chi connectivity index (χ3v) is 6.36. The minimum atomic E-state index is -1.35. The van der Waals surface area contributed by atoms with Crippen LogP contribution in [0.15, 0.2) is 17.1 Å². The molecule has 9 heteroatoms. The van der Waals surface area contributed by atoms with Crippen molar-refractivity contribution in [3.05, 3.63) is 22.7 Å². The van der Waals surface area contributed by atoms with Gasteiger partial charge in [0.25, 0.3) is 0 Å². The van der Waals surface area contributed by atoms with E-state index in [9.17, 15) is 19.8 Å². The Kier molecular flexibility index (Phi) is 13.2. The van der Waals surface area contributed by atoms with Crippen molar-refractivity contribution in [2.75, 3.05) is 12.3 Å².